The van der Waals surface area contributed by atoms with Gasteiger partial charge in [-0.25, -0.2) is 0 Å². The number of ether oxygens (including phenoxy) is 1. The summed E-state index contributed by atoms with van der Waals surface area (Å²) in [5, 5.41) is 10.7. The lowest BCUT2D eigenvalue weighted by molar-refractivity contribution is 0.129. The summed E-state index contributed by atoms with van der Waals surface area (Å²) in [6.07, 6.45) is 2.20. The molecule has 1 heterocycles. The van der Waals surface area contributed by atoms with Crippen molar-refractivity contribution < 1.29 is 9.84 Å². The largest absolute Gasteiger partial charge is 0.393 e. The first-order chi connectivity index (χ1) is 7.75. The van der Waals surface area contributed by atoms with Gasteiger partial charge in [0.05, 0.1) is 6.10 Å². The maximum Gasteiger partial charge on any atom is 0.0584 e. The molecular weight excluding hydrogens is 224 g/mol. The highest BCUT2D eigenvalue weighted by molar-refractivity contribution is 6.31. The summed E-state index contributed by atoms with van der Waals surface area (Å²) in [6, 6.07) is 7.69. The number of benzene rings is 1. The first-order valence-electron chi connectivity index (χ1n) is 5.75. The van der Waals surface area contributed by atoms with Gasteiger partial charge in [-0.2, -0.15) is 0 Å². The Kier molecular flexibility index (Phi) is 4.22. The van der Waals surface area contributed by atoms with Crippen molar-refractivity contribution in [3.8, 4) is 0 Å². The van der Waals surface area contributed by atoms with Gasteiger partial charge in [-0.15, -0.1) is 0 Å². The zero-order chi connectivity index (χ0) is 11.4. The van der Waals surface area contributed by atoms with E-state index < -0.39 is 0 Å². The Morgan fingerprint density at radius 1 is 1.44 bits per heavy atom. The first-order valence-corrected chi connectivity index (χ1v) is 6.12. The van der Waals surface area contributed by atoms with E-state index in [1.165, 1.54) is 0 Å². The smallest absolute Gasteiger partial charge is 0.0584 e. The highest BCUT2D eigenvalue weighted by Crippen LogP contribution is 2.22. The van der Waals surface area contributed by atoms with Gasteiger partial charge < -0.3 is 9.84 Å². The van der Waals surface area contributed by atoms with Gasteiger partial charge >= 0.3 is 0 Å². The number of aliphatic hydroxyl groups excluding tert-OH is 1. The third kappa shape index (κ3) is 3.21. The van der Waals surface area contributed by atoms with Crippen LogP contribution in [0.5, 0.6) is 0 Å². The van der Waals surface area contributed by atoms with Crippen LogP contribution < -0.4 is 0 Å². The molecule has 0 amide bonds. The molecule has 88 valence electrons. The van der Waals surface area contributed by atoms with Crippen LogP contribution in [0.15, 0.2) is 24.3 Å². The standard InChI is InChI=1S/C13H17ClO2/c14-13-4-2-1-3-11(13)8-12(15)7-10-5-6-16-9-10/h1-4,10,12,15H,5-9H2. The van der Waals surface area contributed by atoms with Gasteiger partial charge in [-0.3, -0.25) is 0 Å². The zero-order valence-electron chi connectivity index (χ0n) is 9.23. The Labute approximate surface area is 101 Å². The monoisotopic (exact) mass is 240 g/mol. The van der Waals surface area contributed by atoms with Crippen molar-refractivity contribution in [1.82, 2.24) is 0 Å². The second kappa shape index (κ2) is 5.67. The maximum absolute atomic E-state index is 9.97. The summed E-state index contributed by atoms with van der Waals surface area (Å²) in [4.78, 5) is 0. The molecule has 1 aromatic carbocycles. The molecular formula is C13H17ClO2. The number of hydrogen-bond donors (Lipinski definition) is 1. The molecule has 1 fully saturated rings. The predicted octanol–water partition coefficient (Wildman–Crippen LogP) is 2.67. The van der Waals surface area contributed by atoms with Crippen molar-refractivity contribution in [3.05, 3.63) is 34.9 Å². The Morgan fingerprint density at radius 3 is 2.94 bits per heavy atom. The van der Waals surface area contributed by atoms with E-state index in [1.807, 2.05) is 24.3 Å². The molecule has 16 heavy (non-hydrogen) atoms. The SMILES string of the molecule is OC(Cc1ccccc1Cl)CC1CCOC1. The van der Waals surface area contributed by atoms with Gasteiger partial charge in [-0.05, 0) is 36.8 Å². The fourth-order valence-electron chi connectivity index (χ4n) is 2.16. The van der Waals surface area contributed by atoms with Crippen molar-refractivity contribution >= 4 is 11.6 Å². The summed E-state index contributed by atoms with van der Waals surface area (Å²) in [5.74, 6) is 0.512. The third-order valence-electron chi connectivity index (χ3n) is 3.04. The van der Waals surface area contributed by atoms with Crippen LogP contribution in [0, 0.1) is 5.92 Å². The molecule has 0 bridgehead atoms. The van der Waals surface area contributed by atoms with E-state index >= 15 is 0 Å². The van der Waals surface area contributed by atoms with E-state index in [1.54, 1.807) is 0 Å². The van der Waals surface area contributed by atoms with E-state index in [0.29, 0.717) is 12.3 Å². The Bertz CT molecular complexity index is 334. The average molecular weight is 241 g/mol. The van der Waals surface area contributed by atoms with Crippen LogP contribution in [-0.2, 0) is 11.2 Å². The van der Waals surface area contributed by atoms with Gasteiger partial charge in [-0.1, -0.05) is 29.8 Å². The lowest BCUT2D eigenvalue weighted by atomic mass is 9.96. The van der Waals surface area contributed by atoms with Crippen molar-refractivity contribution in [2.45, 2.75) is 25.4 Å². The highest BCUT2D eigenvalue weighted by atomic mass is 35.5. The zero-order valence-corrected chi connectivity index (χ0v) is 9.99. The molecule has 1 aliphatic rings. The van der Waals surface area contributed by atoms with E-state index in [2.05, 4.69) is 0 Å². The average Bonchev–Trinajstić information content (AvgIpc) is 2.74. The summed E-state index contributed by atoms with van der Waals surface area (Å²) < 4.78 is 5.29. The Morgan fingerprint density at radius 2 is 2.25 bits per heavy atom. The molecule has 1 saturated heterocycles. The molecule has 0 aliphatic carbocycles. The summed E-state index contributed by atoms with van der Waals surface area (Å²) >= 11 is 6.05. The molecule has 0 radical (unpaired) electrons. The normalized spacial score (nSPS) is 22.2. The van der Waals surface area contributed by atoms with E-state index in [0.717, 1.165) is 36.6 Å². The molecule has 0 spiro atoms. The van der Waals surface area contributed by atoms with Crippen molar-refractivity contribution in [2.24, 2.45) is 5.92 Å². The van der Waals surface area contributed by atoms with Crippen LogP contribution in [-0.4, -0.2) is 24.4 Å². The Balaban J connectivity index is 1.86. The summed E-state index contributed by atoms with van der Waals surface area (Å²) in [6.45, 7) is 1.63. The molecule has 0 aromatic heterocycles. The van der Waals surface area contributed by atoms with Gasteiger partial charge in [0.1, 0.15) is 0 Å². The minimum Gasteiger partial charge on any atom is -0.393 e. The maximum atomic E-state index is 9.97. The molecule has 2 unspecified atom stereocenters. The van der Waals surface area contributed by atoms with Crippen LogP contribution in [0.3, 0.4) is 0 Å². The Hall–Kier alpha value is -0.570. The molecule has 3 heteroatoms. The molecule has 2 rings (SSSR count). The minimum atomic E-state index is -0.313. The van der Waals surface area contributed by atoms with Gasteiger partial charge in [0.15, 0.2) is 0 Å². The van der Waals surface area contributed by atoms with E-state index in [4.69, 9.17) is 16.3 Å². The van der Waals surface area contributed by atoms with Crippen molar-refractivity contribution in [2.75, 3.05) is 13.2 Å². The predicted molar refractivity (Wildman–Crippen MR) is 64.7 cm³/mol. The number of aliphatic hydroxyl groups is 1. The number of rotatable bonds is 4. The molecule has 1 N–H and O–H groups in total. The summed E-state index contributed by atoms with van der Waals surface area (Å²) in [7, 11) is 0. The molecule has 0 saturated carbocycles. The molecule has 1 aliphatic heterocycles. The highest BCUT2D eigenvalue weighted by Gasteiger charge is 2.19. The first kappa shape index (κ1) is 11.9. The van der Waals surface area contributed by atoms with Crippen molar-refractivity contribution in [1.29, 1.82) is 0 Å². The molecule has 2 nitrogen and oxygen atoms in total. The fourth-order valence-corrected chi connectivity index (χ4v) is 2.37. The van der Waals surface area contributed by atoms with Crippen LogP contribution in [0.2, 0.25) is 5.02 Å². The van der Waals surface area contributed by atoms with Crippen LogP contribution >= 0.6 is 11.6 Å². The topological polar surface area (TPSA) is 29.5 Å². The quantitative estimate of drug-likeness (QED) is 0.877. The third-order valence-corrected chi connectivity index (χ3v) is 3.41. The lowest BCUT2D eigenvalue weighted by Crippen LogP contribution is -2.16. The lowest BCUT2D eigenvalue weighted by Gasteiger charge is -2.15. The van der Waals surface area contributed by atoms with Gasteiger partial charge in [0, 0.05) is 18.2 Å². The van der Waals surface area contributed by atoms with Crippen molar-refractivity contribution in [3.63, 3.8) is 0 Å². The van der Waals surface area contributed by atoms with Gasteiger partial charge in [0.25, 0.3) is 0 Å². The van der Waals surface area contributed by atoms with E-state index in [9.17, 15) is 5.11 Å². The second-order valence-electron chi connectivity index (χ2n) is 4.41. The minimum absolute atomic E-state index is 0.313. The number of hydrogen-bond acceptors (Lipinski definition) is 2. The fraction of sp³-hybridized carbons (Fsp3) is 0.538. The van der Waals surface area contributed by atoms with Crippen LogP contribution in [0.4, 0.5) is 0 Å². The van der Waals surface area contributed by atoms with Crippen LogP contribution in [0.25, 0.3) is 0 Å². The molecule has 1 aromatic rings. The van der Waals surface area contributed by atoms with Crippen LogP contribution in [0.1, 0.15) is 18.4 Å². The van der Waals surface area contributed by atoms with E-state index in [-0.39, 0.29) is 6.10 Å². The molecule has 2 atom stereocenters. The second-order valence-corrected chi connectivity index (χ2v) is 4.82. The number of halogens is 1. The van der Waals surface area contributed by atoms with Gasteiger partial charge in [0.2, 0.25) is 0 Å². The summed E-state index contributed by atoms with van der Waals surface area (Å²) in [5.41, 5.74) is 1.02.